The molecule has 6 nitrogen and oxygen atoms in total. The number of nitrogens with one attached hydrogen (secondary N) is 1. The second-order valence-electron chi connectivity index (χ2n) is 6.21. The lowest BCUT2D eigenvalue weighted by molar-refractivity contribution is -0.132. The van der Waals surface area contributed by atoms with Crippen molar-refractivity contribution in [1.82, 2.24) is 0 Å². The van der Waals surface area contributed by atoms with Crippen molar-refractivity contribution in [1.29, 1.82) is 0 Å². The number of benzene rings is 1. The molecule has 1 fully saturated rings. The average Bonchev–Trinajstić information content (AvgIpc) is 2.76. The molecule has 3 rings (SSSR count). The molecule has 2 aliphatic heterocycles. The van der Waals surface area contributed by atoms with E-state index in [4.69, 9.17) is 14.2 Å². The van der Waals surface area contributed by atoms with Crippen LogP contribution < -0.4 is 10.1 Å². The summed E-state index contributed by atoms with van der Waals surface area (Å²) < 4.78 is 16.5. The van der Waals surface area contributed by atoms with Gasteiger partial charge in [0.05, 0.1) is 30.1 Å². The SMILES string of the molecule is CCOC(=O)c1ccc2c(c1)NC(=O)C1(COC(C)(C)C1)O2. The monoisotopic (exact) mass is 305 g/mol. The standard InChI is InChI=1S/C16H19NO5/c1-4-20-13(18)10-5-6-12-11(7-10)17-14(19)16(22-12)8-15(2,3)21-9-16/h5-7H,4,8-9H2,1-3H3,(H,17,19). The first kappa shape index (κ1) is 14.8. The van der Waals surface area contributed by atoms with Crippen LogP contribution >= 0.6 is 0 Å². The van der Waals surface area contributed by atoms with Crippen molar-refractivity contribution in [2.24, 2.45) is 0 Å². The van der Waals surface area contributed by atoms with Gasteiger partial charge in [-0.05, 0) is 39.0 Å². The Morgan fingerprint density at radius 1 is 1.41 bits per heavy atom. The second kappa shape index (κ2) is 4.98. The van der Waals surface area contributed by atoms with Crippen LogP contribution in [0.3, 0.4) is 0 Å². The summed E-state index contributed by atoms with van der Waals surface area (Å²) in [5, 5.41) is 2.82. The number of ether oxygens (including phenoxy) is 3. The minimum absolute atomic E-state index is 0.213. The molecule has 0 saturated carbocycles. The van der Waals surface area contributed by atoms with Crippen molar-refractivity contribution in [2.45, 2.75) is 38.4 Å². The number of amides is 1. The highest BCUT2D eigenvalue weighted by atomic mass is 16.6. The number of fused-ring (bicyclic) bond motifs is 1. The Morgan fingerprint density at radius 3 is 2.82 bits per heavy atom. The molecule has 0 aliphatic carbocycles. The highest BCUT2D eigenvalue weighted by molar-refractivity contribution is 6.02. The van der Waals surface area contributed by atoms with Crippen molar-refractivity contribution in [3.63, 3.8) is 0 Å². The summed E-state index contributed by atoms with van der Waals surface area (Å²) in [6, 6.07) is 4.87. The molecular weight excluding hydrogens is 286 g/mol. The molecule has 1 unspecified atom stereocenters. The predicted octanol–water partition coefficient (Wildman–Crippen LogP) is 2.13. The van der Waals surface area contributed by atoms with Crippen LogP contribution in [0.15, 0.2) is 18.2 Å². The van der Waals surface area contributed by atoms with E-state index in [1.807, 2.05) is 13.8 Å². The zero-order valence-electron chi connectivity index (χ0n) is 12.9. The van der Waals surface area contributed by atoms with Gasteiger partial charge in [-0.3, -0.25) is 4.79 Å². The fourth-order valence-electron chi connectivity index (χ4n) is 2.86. The average molecular weight is 305 g/mol. The van der Waals surface area contributed by atoms with Crippen molar-refractivity contribution in [3.8, 4) is 5.75 Å². The number of carbonyl (C=O) groups excluding carboxylic acids is 2. The largest absolute Gasteiger partial charge is 0.473 e. The van der Waals surface area contributed by atoms with E-state index in [0.717, 1.165) is 0 Å². The third-order valence-electron chi connectivity index (χ3n) is 3.87. The number of esters is 1. The highest BCUT2D eigenvalue weighted by Crippen LogP contribution is 2.42. The summed E-state index contributed by atoms with van der Waals surface area (Å²) >= 11 is 0. The topological polar surface area (TPSA) is 73.9 Å². The first-order chi connectivity index (χ1) is 10.4. The van der Waals surface area contributed by atoms with Gasteiger partial charge in [-0.1, -0.05) is 0 Å². The Hall–Kier alpha value is -2.08. The molecule has 2 aliphatic rings. The molecule has 0 bridgehead atoms. The summed E-state index contributed by atoms with van der Waals surface area (Å²) in [6.45, 7) is 6.11. The minimum atomic E-state index is -0.998. The van der Waals surface area contributed by atoms with Gasteiger partial charge in [-0.2, -0.15) is 0 Å². The van der Waals surface area contributed by atoms with Gasteiger partial charge in [0.25, 0.3) is 5.91 Å². The molecule has 1 N–H and O–H groups in total. The van der Waals surface area contributed by atoms with E-state index < -0.39 is 17.2 Å². The lowest BCUT2D eigenvalue weighted by Gasteiger charge is -2.34. The van der Waals surface area contributed by atoms with Gasteiger partial charge >= 0.3 is 5.97 Å². The molecule has 2 heterocycles. The fourth-order valence-corrected chi connectivity index (χ4v) is 2.86. The maximum Gasteiger partial charge on any atom is 0.338 e. The predicted molar refractivity (Wildman–Crippen MR) is 79.0 cm³/mol. The number of carbonyl (C=O) groups is 2. The Balaban J connectivity index is 1.89. The third kappa shape index (κ3) is 2.43. The van der Waals surface area contributed by atoms with E-state index in [1.165, 1.54) is 0 Å². The lowest BCUT2D eigenvalue weighted by atomic mass is 9.91. The Kier molecular flexibility index (Phi) is 3.36. The van der Waals surface area contributed by atoms with E-state index in [-0.39, 0.29) is 12.5 Å². The van der Waals surface area contributed by atoms with Crippen LogP contribution in [0.1, 0.15) is 37.6 Å². The number of hydrogen-bond donors (Lipinski definition) is 1. The van der Waals surface area contributed by atoms with Crippen LogP contribution in [0.25, 0.3) is 0 Å². The van der Waals surface area contributed by atoms with Crippen LogP contribution in [0.5, 0.6) is 5.75 Å². The highest BCUT2D eigenvalue weighted by Gasteiger charge is 2.54. The molecule has 0 radical (unpaired) electrons. The molecule has 6 heteroatoms. The van der Waals surface area contributed by atoms with Crippen LogP contribution in [0, 0.1) is 0 Å². The third-order valence-corrected chi connectivity index (χ3v) is 3.87. The Bertz CT molecular complexity index is 639. The normalized spacial score (nSPS) is 25.3. The summed E-state index contributed by atoms with van der Waals surface area (Å²) in [4.78, 5) is 24.2. The molecule has 1 aromatic rings. The zero-order valence-corrected chi connectivity index (χ0v) is 12.9. The first-order valence-electron chi connectivity index (χ1n) is 7.31. The summed E-state index contributed by atoms with van der Waals surface area (Å²) in [5.74, 6) is -0.134. The van der Waals surface area contributed by atoms with E-state index >= 15 is 0 Å². The van der Waals surface area contributed by atoms with E-state index in [0.29, 0.717) is 30.0 Å². The molecule has 0 aromatic heterocycles. The van der Waals surface area contributed by atoms with E-state index in [2.05, 4.69) is 5.32 Å². The first-order valence-corrected chi connectivity index (χ1v) is 7.31. The van der Waals surface area contributed by atoms with Gasteiger partial charge in [0.15, 0.2) is 0 Å². The van der Waals surface area contributed by atoms with Crippen molar-refractivity contribution in [3.05, 3.63) is 23.8 Å². The summed E-state index contributed by atoms with van der Waals surface area (Å²) in [5.41, 5.74) is -0.545. The minimum Gasteiger partial charge on any atom is -0.473 e. The molecule has 1 atom stereocenters. The molecule has 118 valence electrons. The van der Waals surface area contributed by atoms with Gasteiger partial charge in [0.2, 0.25) is 5.60 Å². The van der Waals surface area contributed by atoms with Crippen molar-refractivity contribution in [2.75, 3.05) is 18.5 Å². The second-order valence-corrected chi connectivity index (χ2v) is 6.21. The zero-order chi connectivity index (χ0) is 16.0. The molecule has 22 heavy (non-hydrogen) atoms. The molecule has 1 saturated heterocycles. The van der Waals surface area contributed by atoms with E-state index in [1.54, 1.807) is 25.1 Å². The van der Waals surface area contributed by atoms with Gasteiger partial charge in [-0.25, -0.2) is 4.79 Å². The molecule has 1 spiro atoms. The maximum atomic E-state index is 12.4. The maximum absolute atomic E-state index is 12.4. The van der Waals surface area contributed by atoms with Crippen LogP contribution in [-0.2, 0) is 14.3 Å². The quantitative estimate of drug-likeness (QED) is 0.847. The van der Waals surface area contributed by atoms with Crippen molar-refractivity contribution >= 4 is 17.6 Å². The Labute approximate surface area is 128 Å². The Morgan fingerprint density at radius 2 is 2.18 bits per heavy atom. The molecule has 1 amide bonds. The van der Waals surface area contributed by atoms with Crippen molar-refractivity contribution < 1.29 is 23.8 Å². The lowest BCUT2D eigenvalue weighted by Crippen LogP contribution is -2.52. The number of rotatable bonds is 2. The van der Waals surface area contributed by atoms with E-state index in [9.17, 15) is 9.59 Å². The molecular formula is C16H19NO5. The molecule has 1 aromatic carbocycles. The van der Waals surface area contributed by atoms with Crippen LogP contribution in [-0.4, -0.2) is 36.3 Å². The fraction of sp³-hybridized carbons (Fsp3) is 0.500. The van der Waals surface area contributed by atoms with Crippen LogP contribution in [0.2, 0.25) is 0 Å². The van der Waals surface area contributed by atoms with Gasteiger partial charge in [-0.15, -0.1) is 0 Å². The van der Waals surface area contributed by atoms with Crippen LogP contribution in [0.4, 0.5) is 5.69 Å². The van der Waals surface area contributed by atoms with Gasteiger partial charge < -0.3 is 19.5 Å². The smallest absolute Gasteiger partial charge is 0.338 e. The summed E-state index contributed by atoms with van der Waals surface area (Å²) in [6.07, 6.45) is 0.477. The number of anilines is 1. The van der Waals surface area contributed by atoms with Gasteiger partial charge in [0, 0.05) is 6.42 Å². The summed E-state index contributed by atoms with van der Waals surface area (Å²) in [7, 11) is 0. The number of hydrogen-bond acceptors (Lipinski definition) is 5. The van der Waals surface area contributed by atoms with Gasteiger partial charge in [0.1, 0.15) is 5.75 Å².